The number of likely N-dealkylation sites (tertiary alicyclic amines) is 1. The third kappa shape index (κ3) is 3.48. The van der Waals surface area contributed by atoms with Crippen LogP contribution in [0.4, 0.5) is 0 Å². The predicted molar refractivity (Wildman–Crippen MR) is 75.2 cm³/mol. The van der Waals surface area contributed by atoms with Crippen LogP contribution >= 0.6 is 11.6 Å². The minimum Gasteiger partial charge on any atom is -0.343 e. The number of halogens is 1. The molecule has 2 rings (SSSR count). The quantitative estimate of drug-likeness (QED) is 0.904. The van der Waals surface area contributed by atoms with Gasteiger partial charge in [0.25, 0.3) is 0 Å². The van der Waals surface area contributed by atoms with Gasteiger partial charge in [0.15, 0.2) is 0 Å². The van der Waals surface area contributed by atoms with E-state index in [0.29, 0.717) is 24.0 Å². The molecular weight excluding hydrogens is 264 g/mol. The van der Waals surface area contributed by atoms with Crippen molar-refractivity contribution in [2.75, 3.05) is 20.1 Å². The van der Waals surface area contributed by atoms with E-state index in [9.17, 15) is 4.79 Å². The van der Waals surface area contributed by atoms with Crippen LogP contribution in [0, 0.1) is 0 Å². The number of rotatable bonds is 4. The van der Waals surface area contributed by atoms with Crippen LogP contribution in [-0.4, -0.2) is 46.5 Å². The summed E-state index contributed by atoms with van der Waals surface area (Å²) in [6.07, 6.45) is 4.85. The standard InChI is InChI=1S/C13H21ClN4O/c1-15-10-5-7-18(8-6-10)13(19)4-3-12-16-9-11(14)17(12)2/h9-10,15H,3-8H2,1-2H3. The lowest BCUT2D eigenvalue weighted by atomic mass is 10.0. The molecule has 0 bridgehead atoms. The van der Waals surface area contributed by atoms with E-state index in [2.05, 4.69) is 10.3 Å². The van der Waals surface area contributed by atoms with Crippen LogP contribution in [0.2, 0.25) is 5.15 Å². The molecule has 6 heteroatoms. The van der Waals surface area contributed by atoms with Gasteiger partial charge < -0.3 is 14.8 Å². The number of aryl methyl sites for hydroxylation is 1. The molecule has 0 saturated carbocycles. The Hall–Kier alpha value is -1.07. The highest BCUT2D eigenvalue weighted by Crippen LogP contribution is 2.14. The Bertz CT molecular complexity index is 438. The van der Waals surface area contributed by atoms with Crippen LogP contribution in [0.1, 0.15) is 25.1 Å². The average molecular weight is 285 g/mol. The number of carbonyl (C=O) groups is 1. The van der Waals surface area contributed by atoms with Gasteiger partial charge in [-0.1, -0.05) is 11.6 Å². The summed E-state index contributed by atoms with van der Waals surface area (Å²) in [5, 5.41) is 3.87. The zero-order chi connectivity index (χ0) is 13.8. The first-order valence-corrected chi connectivity index (χ1v) is 7.10. The average Bonchev–Trinajstić information content (AvgIpc) is 2.76. The van der Waals surface area contributed by atoms with Gasteiger partial charge in [-0.3, -0.25) is 4.79 Å². The molecule has 0 spiro atoms. The molecule has 0 radical (unpaired) electrons. The van der Waals surface area contributed by atoms with Gasteiger partial charge in [0.05, 0.1) is 6.20 Å². The van der Waals surface area contributed by atoms with Crippen LogP contribution in [0.3, 0.4) is 0 Å². The Morgan fingerprint density at radius 1 is 1.53 bits per heavy atom. The van der Waals surface area contributed by atoms with Crippen molar-refractivity contribution in [3.63, 3.8) is 0 Å². The first kappa shape index (κ1) is 14.3. The summed E-state index contributed by atoms with van der Waals surface area (Å²) in [6.45, 7) is 1.71. The summed E-state index contributed by atoms with van der Waals surface area (Å²) in [6, 6.07) is 0.553. The fourth-order valence-electron chi connectivity index (χ4n) is 2.45. The van der Waals surface area contributed by atoms with Crippen LogP contribution < -0.4 is 5.32 Å². The summed E-state index contributed by atoms with van der Waals surface area (Å²) in [7, 11) is 3.85. The Labute approximate surface area is 118 Å². The largest absolute Gasteiger partial charge is 0.343 e. The second-order valence-electron chi connectivity index (χ2n) is 5.00. The SMILES string of the molecule is CNC1CCN(C(=O)CCc2ncc(Cl)n2C)CC1. The molecule has 1 fully saturated rings. The number of imidazole rings is 1. The lowest BCUT2D eigenvalue weighted by Gasteiger charge is -2.31. The van der Waals surface area contributed by atoms with Crippen molar-refractivity contribution in [1.82, 2.24) is 19.8 Å². The predicted octanol–water partition coefficient (Wildman–Crippen LogP) is 1.22. The number of nitrogens with one attached hydrogen (secondary N) is 1. The first-order chi connectivity index (χ1) is 9.11. The van der Waals surface area contributed by atoms with E-state index in [0.717, 1.165) is 31.8 Å². The van der Waals surface area contributed by atoms with E-state index < -0.39 is 0 Å². The van der Waals surface area contributed by atoms with Crippen LogP contribution in [-0.2, 0) is 18.3 Å². The summed E-state index contributed by atoms with van der Waals surface area (Å²) >= 11 is 5.92. The second kappa shape index (κ2) is 6.39. The van der Waals surface area contributed by atoms with E-state index in [1.807, 2.05) is 23.6 Å². The van der Waals surface area contributed by atoms with Gasteiger partial charge in [0.2, 0.25) is 5.91 Å². The molecule has 1 N–H and O–H groups in total. The number of hydrogen-bond donors (Lipinski definition) is 1. The number of carbonyl (C=O) groups excluding carboxylic acids is 1. The Morgan fingerprint density at radius 3 is 2.74 bits per heavy atom. The molecule has 1 aliphatic rings. The van der Waals surface area contributed by atoms with E-state index in [1.165, 1.54) is 0 Å². The fourth-order valence-corrected chi connectivity index (χ4v) is 2.60. The van der Waals surface area contributed by atoms with Crippen molar-refractivity contribution in [3.05, 3.63) is 17.2 Å². The van der Waals surface area contributed by atoms with E-state index in [4.69, 9.17) is 11.6 Å². The van der Waals surface area contributed by atoms with Crippen molar-refractivity contribution >= 4 is 17.5 Å². The second-order valence-corrected chi connectivity index (χ2v) is 5.39. The number of piperidine rings is 1. The molecule has 1 amide bonds. The summed E-state index contributed by atoms with van der Waals surface area (Å²) in [4.78, 5) is 18.3. The molecule has 19 heavy (non-hydrogen) atoms. The Morgan fingerprint density at radius 2 is 2.21 bits per heavy atom. The number of aromatic nitrogens is 2. The van der Waals surface area contributed by atoms with Crippen molar-refractivity contribution in [2.24, 2.45) is 7.05 Å². The van der Waals surface area contributed by atoms with Crippen LogP contribution in [0.15, 0.2) is 6.20 Å². The normalized spacial score (nSPS) is 16.9. The van der Waals surface area contributed by atoms with E-state index in [1.54, 1.807) is 6.20 Å². The van der Waals surface area contributed by atoms with Crippen molar-refractivity contribution < 1.29 is 4.79 Å². The minimum atomic E-state index is 0.216. The van der Waals surface area contributed by atoms with Gasteiger partial charge in [0.1, 0.15) is 11.0 Å². The van der Waals surface area contributed by atoms with Crippen molar-refractivity contribution in [1.29, 1.82) is 0 Å². The fraction of sp³-hybridized carbons (Fsp3) is 0.692. The summed E-state index contributed by atoms with van der Waals surface area (Å²) in [5.74, 6) is 1.08. The molecule has 5 nitrogen and oxygen atoms in total. The molecule has 0 aromatic carbocycles. The molecule has 1 aliphatic heterocycles. The van der Waals surface area contributed by atoms with E-state index in [-0.39, 0.29) is 5.91 Å². The topological polar surface area (TPSA) is 50.2 Å². The van der Waals surface area contributed by atoms with Gasteiger partial charge in [-0.05, 0) is 19.9 Å². The number of amides is 1. The molecule has 0 unspecified atom stereocenters. The molecule has 2 heterocycles. The van der Waals surface area contributed by atoms with E-state index >= 15 is 0 Å². The highest BCUT2D eigenvalue weighted by atomic mass is 35.5. The zero-order valence-corrected chi connectivity index (χ0v) is 12.3. The van der Waals surface area contributed by atoms with Gasteiger partial charge in [0, 0.05) is 39.0 Å². The molecule has 1 aromatic rings. The van der Waals surface area contributed by atoms with Gasteiger partial charge in [-0.25, -0.2) is 4.98 Å². The Kier molecular flexibility index (Phi) is 4.82. The van der Waals surface area contributed by atoms with Crippen LogP contribution in [0.5, 0.6) is 0 Å². The third-order valence-electron chi connectivity index (χ3n) is 3.85. The summed E-state index contributed by atoms with van der Waals surface area (Å²) < 4.78 is 1.82. The molecule has 0 atom stereocenters. The summed E-state index contributed by atoms with van der Waals surface area (Å²) in [5.41, 5.74) is 0. The smallest absolute Gasteiger partial charge is 0.223 e. The van der Waals surface area contributed by atoms with Gasteiger partial charge in [-0.15, -0.1) is 0 Å². The lowest BCUT2D eigenvalue weighted by molar-refractivity contribution is -0.132. The molecular formula is C13H21ClN4O. The lowest BCUT2D eigenvalue weighted by Crippen LogP contribution is -2.44. The van der Waals surface area contributed by atoms with Crippen molar-refractivity contribution in [3.8, 4) is 0 Å². The highest BCUT2D eigenvalue weighted by Gasteiger charge is 2.21. The van der Waals surface area contributed by atoms with Crippen LogP contribution in [0.25, 0.3) is 0 Å². The van der Waals surface area contributed by atoms with Crippen molar-refractivity contribution in [2.45, 2.75) is 31.7 Å². The maximum atomic E-state index is 12.1. The molecule has 106 valence electrons. The molecule has 0 aliphatic carbocycles. The third-order valence-corrected chi connectivity index (χ3v) is 4.20. The zero-order valence-electron chi connectivity index (χ0n) is 11.5. The number of nitrogens with zero attached hydrogens (tertiary/aromatic N) is 3. The van der Waals surface area contributed by atoms with Gasteiger partial charge in [-0.2, -0.15) is 0 Å². The molecule has 1 saturated heterocycles. The maximum absolute atomic E-state index is 12.1. The maximum Gasteiger partial charge on any atom is 0.223 e. The van der Waals surface area contributed by atoms with Gasteiger partial charge >= 0.3 is 0 Å². The monoisotopic (exact) mass is 284 g/mol. The highest BCUT2D eigenvalue weighted by molar-refractivity contribution is 6.29. The Balaban J connectivity index is 1.80. The number of hydrogen-bond acceptors (Lipinski definition) is 3. The first-order valence-electron chi connectivity index (χ1n) is 6.73. The minimum absolute atomic E-state index is 0.216. The molecule has 1 aromatic heterocycles.